The summed E-state index contributed by atoms with van der Waals surface area (Å²) < 4.78 is 26.7. The van der Waals surface area contributed by atoms with Crippen molar-refractivity contribution < 1.29 is 13.6 Å². The van der Waals surface area contributed by atoms with Crippen LogP contribution in [0.15, 0.2) is 48.5 Å². The Bertz CT molecular complexity index is 755. The Hall–Kier alpha value is -2.53. The molecule has 2 rings (SSSR count). The zero-order chi connectivity index (χ0) is 18.4. The molecule has 132 valence electrons. The minimum absolute atomic E-state index is 0.267. The molecule has 0 spiro atoms. The first kappa shape index (κ1) is 18.8. The Morgan fingerprint density at radius 1 is 1.00 bits per heavy atom. The SMILES string of the molecule is CN(C)CCN(C)c1ccc(C=CC(=O)c2cc(F)ccc2F)cc1. The molecule has 0 fully saturated rings. The molecule has 0 heterocycles. The van der Waals surface area contributed by atoms with Gasteiger partial charge >= 0.3 is 0 Å². The number of benzene rings is 2. The maximum absolute atomic E-state index is 13.6. The van der Waals surface area contributed by atoms with Gasteiger partial charge in [0.15, 0.2) is 5.78 Å². The molecule has 0 radical (unpaired) electrons. The summed E-state index contributed by atoms with van der Waals surface area (Å²) in [6.07, 6.45) is 2.85. The van der Waals surface area contributed by atoms with Crippen molar-refractivity contribution in [3.05, 3.63) is 71.3 Å². The van der Waals surface area contributed by atoms with Gasteiger partial charge in [-0.3, -0.25) is 4.79 Å². The number of hydrogen-bond acceptors (Lipinski definition) is 3. The van der Waals surface area contributed by atoms with Gasteiger partial charge in [0.25, 0.3) is 0 Å². The number of allylic oxidation sites excluding steroid dienone is 1. The van der Waals surface area contributed by atoms with E-state index in [0.29, 0.717) is 0 Å². The fourth-order valence-electron chi connectivity index (χ4n) is 2.27. The van der Waals surface area contributed by atoms with Crippen LogP contribution in [0.25, 0.3) is 6.08 Å². The fraction of sp³-hybridized carbons (Fsp3) is 0.250. The van der Waals surface area contributed by atoms with Crippen molar-refractivity contribution in [1.29, 1.82) is 0 Å². The monoisotopic (exact) mass is 344 g/mol. The summed E-state index contributed by atoms with van der Waals surface area (Å²) in [5, 5.41) is 0. The normalized spacial score (nSPS) is 11.3. The van der Waals surface area contributed by atoms with Gasteiger partial charge in [0, 0.05) is 25.8 Å². The van der Waals surface area contributed by atoms with E-state index in [9.17, 15) is 13.6 Å². The molecule has 0 aliphatic carbocycles. The van der Waals surface area contributed by atoms with E-state index in [-0.39, 0.29) is 5.56 Å². The van der Waals surface area contributed by atoms with Crippen LogP contribution in [0.5, 0.6) is 0 Å². The maximum Gasteiger partial charge on any atom is 0.188 e. The first-order chi connectivity index (χ1) is 11.9. The first-order valence-electron chi connectivity index (χ1n) is 8.00. The number of likely N-dealkylation sites (N-methyl/N-ethyl adjacent to an activating group) is 2. The van der Waals surface area contributed by atoms with E-state index in [4.69, 9.17) is 0 Å². The van der Waals surface area contributed by atoms with Crippen molar-refractivity contribution in [2.45, 2.75) is 0 Å². The van der Waals surface area contributed by atoms with Gasteiger partial charge < -0.3 is 9.80 Å². The lowest BCUT2D eigenvalue weighted by Gasteiger charge is -2.21. The number of rotatable bonds is 7. The quantitative estimate of drug-likeness (QED) is 0.563. The second-order valence-corrected chi connectivity index (χ2v) is 6.14. The van der Waals surface area contributed by atoms with Crippen LogP contribution in [0, 0.1) is 11.6 Å². The summed E-state index contributed by atoms with van der Waals surface area (Å²) in [4.78, 5) is 16.3. The molecule has 0 N–H and O–H groups in total. The van der Waals surface area contributed by atoms with Crippen molar-refractivity contribution in [1.82, 2.24) is 4.90 Å². The molecule has 3 nitrogen and oxygen atoms in total. The number of anilines is 1. The average molecular weight is 344 g/mol. The highest BCUT2D eigenvalue weighted by Crippen LogP contribution is 2.16. The van der Waals surface area contributed by atoms with E-state index in [1.165, 1.54) is 6.08 Å². The number of ketones is 1. The summed E-state index contributed by atoms with van der Waals surface area (Å²) in [6.45, 7) is 1.85. The van der Waals surface area contributed by atoms with E-state index >= 15 is 0 Å². The van der Waals surface area contributed by atoms with Crippen LogP contribution in [0.1, 0.15) is 15.9 Å². The topological polar surface area (TPSA) is 23.6 Å². The van der Waals surface area contributed by atoms with Gasteiger partial charge in [0.05, 0.1) is 5.56 Å². The Balaban J connectivity index is 2.04. The summed E-state index contributed by atoms with van der Waals surface area (Å²) >= 11 is 0. The molecule has 0 atom stereocenters. The second-order valence-electron chi connectivity index (χ2n) is 6.14. The van der Waals surface area contributed by atoms with Crippen LogP contribution < -0.4 is 4.90 Å². The van der Waals surface area contributed by atoms with Crippen LogP contribution in [-0.2, 0) is 0 Å². The van der Waals surface area contributed by atoms with E-state index in [2.05, 4.69) is 9.80 Å². The van der Waals surface area contributed by atoms with E-state index < -0.39 is 17.4 Å². The van der Waals surface area contributed by atoms with Crippen molar-refractivity contribution in [2.75, 3.05) is 39.1 Å². The molecule has 25 heavy (non-hydrogen) atoms. The molecule has 0 aromatic heterocycles. The van der Waals surface area contributed by atoms with Gasteiger partial charge in [-0.15, -0.1) is 0 Å². The fourth-order valence-corrected chi connectivity index (χ4v) is 2.27. The van der Waals surface area contributed by atoms with Gasteiger partial charge in [0.1, 0.15) is 11.6 Å². The highest BCUT2D eigenvalue weighted by molar-refractivity contribution is 6.07. The molecule has 2 aromatic carbocycles. The first-order valence-corrected chi connectivity index (χ1v) is 8.00. The van der Waals surface area contributed by atoms with Crippen LogP contribution in [0.4, 0.5) is 14.5 Å². The molecule has 2 aromatic rings. The average Bonchev–Trinajstić information content (AvgIpc) is 2.60. The molecular weight excluding hydrogens is 322 g/mol. The van der Waals surface area contributed by atoms with Gasteiger partial charge in [0.2, 0.25) is 0 Å². The smallest absolute Gasteiger partial charge is 0.188 e. The van der Waals surface area contributed by atoms with Crippen molar-refractivity contribution in [3.63, 3.8) is 0 Å². The highest BCUT2D eigenvalue weighted by Gasteiger charge is 2.10. The third-order valence-corrected chi connectivity index (χ3v) is 3.84. The summed E-state index contributed by atoms with van der Waals surface area (Å²) in [6, 6.07) is 10.5. The summed E-state index contributed by atoms with van der Waals surface area (Å²) in [5.74, 6) is -1.93. The van der Waals surface area contributed by atoms with Gasteiger partial charge in [-0.05, 0) is 56.1 Å². The Morgan fingerprint density at radius 2 is 1.68 bits per heavy atom. The van der Waals surface area contributed by atoms with E-state index in [1.807, 2.05) is 45.4 Å². The zero-order valence-electron chi connectivity index (χ0n) is 14.7. The number of carbonyl (C=O) groups is 1. The number of nitrogens with zero attached hydrogens (tertiary/aromatic N) is 2. The predicted molar refractivity (Wildman–Crippen MR) is 98.0 cm³/mol. The van der Waals surface area contributed by atoms with Crippen molar-refractivity contribution in [2.24, 2.45) is 0 Å². The second kappa shape index (κ2) is 8.53. The minimum Gasteiger partial charge on any atom is -0.373 e. The highest BCUT2D eigenvalue weighted by atomic mass is 19.1. The largest absolute Gasteiger partial charge is 0.373 e. The molecule has 0 unspecified atom stereocenters. The Kier molecular flexibility index (Phi) is 6.42. The number of halogens is 2. The standard InChI is InChI=1S/C20H22F2N2O/c1-23(2)12-13-24(3)17-8-4-15(5-9-17)6-11-20(25)18-14-16(21)7-10-19(18)22/h4-11,14H,12-13H2,1-3H3. The van der Waals surface area contributed by atoms with E-state index in [1.54, 1.807) is 6.08 Å². The molecule has 0 amide bonds. The van der Waals surface area contributed by atoms with Gasteiger partial charge in [-0.1, -0.05) is 18.2 Å². The van der Waals surface area contributed by atoms with Crippen LogP contribution >= 0.6 is 0 Å². The summed E-state index contributed by atoms with van der Waals surface area (Å²) in [5.41, 5.74) is 1.62. The van der Waals surface area contributed by atoms with Crippen molar-refractivity contribution in [3.8, 4) is 0 Å². The van der Waals surface area contributed by atoms with Crippen molar-refractivity contribution >= 4 is 17.5 Å². The molecule has 0 bridgehead atoms. The van der Waals surface area contributed by atoms with Crippen LogP contribution in [0.3, 0.4) is 0 Å². The predicted octanol–water partition coefficient (Wildman–Crippen LogP) is 3.86. The lowest BCUT2D eigenvalue weighted by Crippen LogP contribution is -2.28. The van der Waals surface area contributed by atoms with Gasteiger partial charge in [-0.25, -0.2) is 8.78 Å². The van der Waals surface area contributed by atoms with Crippen LogP contribution in [0.2, 0.25) is 0 Å². The Morgan fingerprint density at radius 3 is 2.32 bits per heavy atom. The van der Waals surface area contributed by atoms with Gasteiger partial charge in [-0.2, -0.15) is 0 Å². The lowest BCUT2D eigenvalue weighted by molar-refractivity contribution is 0.104. The third-order valence-electron chi connectivity index (χ3n) is 3.84. The molecule has 0 saturated heterocycles. The molecule has 0 saturated carbocycles. The molecule has 5 heteroatoms. The zero-order valence-corrected chi connectivity index (χ0v) is 14.7. The number of hydrogen-bond donors (Lipinski definition) is 0. The lowest BCUT2D eigenvalue weighted by atomic mass is 10.1. The number of carbonyl (C=O) groups excluding carboxylic acids is 1. The molecule has 0 aliphatic rings. The maximum atomic E-state index is 13.6. The van der Waals surface area contributed by atoms with E-state index in [0.717, 1.165) is 42.5 Å². The third kappa shape index (κ3) is 5.50. The molecule has 0 aliphatic heterocycles. The minimum atomic E-state index is -0.728. The molecular formula is C20H22F2N2O. The summed E-state index contributed by atoms with van der Waals surface area (Å²) in [7, 11) is 6.07. The Labute approximate surface area is 147 Å². The van der Waals surface area contributed by atoms with Crippen LogP contribution in [-0.4, -0.2) is 44.9 Å².